The predicted molar refractivity (Wildman–Crippen MR) is 80.2 cm³/mol. The van der Waals surface area contributed by atoms with E-state index in [1.807, 2.05) is 0 Å². The van der Waals surface area contributed by atoms with Crippen LogP contribution in [0.5, 0.6) is 0 Å². The van der Waals surface area contributed by atoms with E-state index in [9.17, 15) is 0 Å². The lowest BCUT2D eigenvalue weighted by atomic mass is 10.0. The minimum absolute atomic E-state index is 0.577. The van der Waals surface area contributed by atoms with Gasteiger partial charge in [0.05, 0.1) is 0 Å². The van der Waals surface area contributed by atoms with E-state index in [1.165, 1.54) is 28.6 Å². The predicted octanol–water partition coefficient (Wildman–Crippen LogP) is 3.33. The molecule has 1 saturated carbocycles. The quantitative estimate of drug-likeness (QED) is 0.901. The molecule has 1 saturated heterocycles. The topological polar surface area (TPSA) is 15.3 Å². The summed E-state index contributed by atoms with van der Waals surface area (Å²) in [5, 5.41) is 3.71. The number of nitrogens with one attached hydrogen (secondary N) is 1. The molecular weight excluding hydrogens is 288 g/mol. The highest BCUT2D eigenvalue weighted by Crippen LogP contribution is 2.36. The Morgan fingerprint density at radius 1 is 1.33 bits per heavy atom. The summed E-state index contributed by atoms with van der Waals surface area (Å²) in [5.74, 6) is 0.924. The summed E-state index contributed by atoms with van der Waals surface area (Å²) in [5.41, 5.74) is 2.75. The molecule has 0 amide bonds. The fourth-order valence-corrected chi connectivity index (χ4v) is 3.30. The van der Waals surface area contributed by atoms with Gasteiger partial charge in [-0.1, -0.05) is 22.0 Å². The third-order valence-corrected chi connectivity index (χ3v) is 5.20. The third-order valence-electron chi connectivity index (χ3n) is 4.34. The highest BCUT2D eigenvalue weighted by atomic mass is 79.9. The average molecular weight is 309 g/mol. The van der Waals surface area contributed by atoms with Crippen molar-refractivity contribution in [3.63, 3.8) is 0 Å². The van der Waals surface area contributed by atoms with Crippen molar-refractivity contribution in [2.75, 3.05) is 18.0 Å². The minimum Gasteiger partial charge on any atom is -0.366 e. The van der Waals surface area contributed by atoms with Crippen molar-refractivity contribution in [2.24, 2.45) is 5.92 Å². The summed E-state index contributed by atoms with van der Waals surface area (Å²) in [4.78, 5) is 2.58. The van der Waals surface area contributed by atoms with E-state index in [4.69, 9.17) is 0 Å². The third kappa shape index (κ3) is 2.30. The van der Waals surface area contributed by atoms with Crippen LogP contribution in [0.4, 0.5) is 5.69 Å². The Balaban J connectivity index is 1.86. The van der Waals surface area contributed by atoms with E-state index in [2.05, 4.69) is 58.2 Å². The first-order valence-electron chi connectivity index (χ1n) is 6.92. The maximum atomic E-state index is 3.71. The minimum atomic E-state index is 0.577. The second-order valence-corrected chi connectivity index (χ2v) is 6.59. The number of piperazine rings is 1. The molecule has 1 aromatic carbocycles. The van der Waals surface area contributed by atoms with Crippen LogP contribution < -0.4 is 10.2 Å². The Labute approximate surface area is 118 Å². The highest BCUT2D eigenvalue weighted by Gasteiger charge is 2.36. The molecule has 2 unspecified atom stereocenters. The SMILES string of the molecule is Cc1c(Br)cccc1N1CC(C2CC2)NCC1C. The van der Waals surface area contributed by atoms with Gasteiger partial charge in [0.2, 0.25) is 0 Å². The maximum absolute atomic E-state index is 3.71. The first-order chi connectivity index (χ1) is 8.66. The number of nitrogens with zero attached hydrogens (tertiary/aromatic N) is 1. The van der Waals surface area contributed by atoms with E-state index in [-0.39, 0.29) is 0 Å². The van der Waals surface area contributed by atoms with Crippen LogP contribution in [0, 0.1) is 12.8 Å². The van der Waals surface area contributed by atoms with Gasteiger partial charge in [-0.2, -0.15) is 0 Å². The van der Waals surface area contributed by atoms with Gasteiger partial charge in [-0.3, -0.25) is 0 Å². The molecule has 2 fully saturated rings. The van der Waals surface area contributed by atoms with Crippen molar-refractivity contribution in [1.29, 1.82) is 0 Å². The van der Waals surface area contributed by atoms with E-state index >= 15 is 0 Å². The van der Waals surface area contributed by atoms with Crippen LogP contribution in [0.15, 0.2) is 22.7 Å². The molecule has 0 radical (unpaired) electrons. The molecule has 0 bridgehead atoms. The Bertz CT molecular complexity index is 442. The molecule has 0 spiro atoms. The fourth-order valence-electron chi connectivity index (χ4n) is 2.95. The molecule has 98 valence electrons. The molecule has 3 heteroatoms. The average Bonchev–Trinajstić information content (AvgIpc) is 3.18. The summed E-state index contributed by atoms with van der Waals surface area (Å²) in [6.07, 6.45) is 2.83. The van der Waals surface area contributed by atoms with Gasteiger partial charge in [0.1, 0.15) is 0 Å². The zero-order valence-electron chi connectivity index (χ0n) is 11.1. The van der Waals surface area contributed by atoms with Gasteiger partial charge in [-0.15, -0.1) is 0 Å². The van der Waals surface area contributed by atoms with Crippen LogP contribution in [-0.2, 0) is 0 Å². The van der Waals surface area contributed by atoms with E-state index < -0.39 is 0 Å². The first kappa shape index (κ1) is 12.5. The summed E-state index contributed by atoms with van der Waals surface area (Å²) in [6.45, 7) is 6.78. The van der Waals surface area contributed by atoms with Crippen LogP contribution in [0.25, 0.3) is 0 Å². The summed E-state index contributed by atoms with van der Waals surface area (Å²) >= 11 is 3.65. The van der Waals surface area contributed by atoms with Gasteiger partial charge < -0.3 is 10.2 Å². The number of hydrogen-bond donors (Lipinski definition) is 1. The van der Waals surface area contributed by atoms with Crippen molar-refractivity contribution in [3.8, 4) is 0 Å². The summed E-state index contributed by atoms with van der Waals surface area (Å²) in [6, 6.07) is 7.80. The maximum Gasteiger partial charge on any atom is 0.0410 e. The van der Waals surface area contributed by atoms with Crippen molar-refractivity contribution in [3.05, 3.63) is 28.2 Å². The lowest BCUT2D eigenvalue weighted by Crippen LogP contribution is -2.56. The molecule has 18 heavy (non-hydrogen) atoms. The molecule has 0 aromatic heterocycles. The number of halogens is 1. The Morgan fingerprint density at radius 3 is 2.83 bits per heavy atom. The first-order valence-corrected chi connectivity index (χ1v) is 7.71. The molecule has 2 nitrogen and oxygen atoms in total. The standard InChI is InChI=1S/C15H21BrN2/c1-10-8-17-14(12-6-7-12)9-18(10)15-5-3-4-13(16)11(15)2/h3-5,10,12,14,17H,6-9H2,1-2H3. The Morgan fingerprint density at radius 2 is 2.11 bits per heavy atom. The van der Waals surface area contributed by atoms with Crippen molar-refractivity contribution >= 4 is 21.6 Å². The summed E-state index contributed by atoms with van der Waals surface area (Å²) in [7, 11) is 0. The molecular formula is C15H21BrN2. The van der Waals surface area contributed by atoms with E-state index in [0.717, 1.165) is 19.0 Å². The van der Waals surface area contributed by atoms with Crippen molar-refractivity contribution in [1.82, 2.24) is 5.32 Å². The van der Waals surface area contributed by atoms with E-state index in [0.29, 0.717) is 12.1 Å². The molecule has 2 aliphatic rings. The number of rotatable bonds is 2. The van der Waals surface area contributed by atoms with Crippen LogP contribution in [0.1, 0.15) is 25.3 Å². The van der Waals surface area contributed by atoms with Gasteiger partial charge >= 0.3 is 0 Å². The molecule has 1 aliphatic carbocycles. The molecule has 1 aromatic rings. The van der Waals surface area contributed by atoms with Crippen LogP contribution in [0.2, 0.25) is 0 Å². The van der Waals surface area contributed by atoms with Gasteiger partial charge in [0.15, 0.2) is 0 Å². The van der Waals surface area contributed by atoms with Crippen LogP contribution >= 0.6 is 15.9 Å². The van der Waals surface area contributed by atoms with Gasteiger partial charge in [0, 0.05) is 35.3 Å². The van der Waals surface area contributed by atoms with Crippen LogP contribution in [-0.4, -0.2) is 25.2 Å². The number of hydrogen-bond acceptors (Lipinski definition) is 2. The molecule has 3 rings (SSSR count). The summed E-state index contributed by atoms with van der Waals surface area (Å²) < 4.78 is 1.22. The second-order valence-electron chi connectivity index (χ2n) is 5.74. The monoisotopic (exact) mass is 308 g/mol. The molecule has 1 N–H and O–H groups in total. The Kier molecular flexibility index (Phi) is 3.37. The van der Waals surface area contributed by atoms with Gasteiger partial charge in [0.25, 0.3) is 0 Å². The largest absolute Gasteiger partial charge is 0.366 e. The zero-order valence-corrected chi connectivity index (χ0v) is 12.7. The second kappa shape index (κ2) is 4.86. The van der Waals surface area contributed by atoms with E-state index in [1.54, 1.807) is 0 Å². The van der Waals surface area contributed by atoms with Crippen molar-refractivity contribution in [2.45, 2.75) is 38.8 Å². The lowest BCUT2D eigenvalue weighted by molar-refractivity contribution is 0.375. The van der Waals surface area contributed by atoms with Crippen molar-refractivity contribution < 1.29 is 0 Å². The number of benzene rings is 1. The Hall–Kier alpha value is -0.540. The molecule has 2 atom stereocenters. The lowest BCUT2D eigenvalue weighted by Gasteiger charge is -2.41. The van der Waals surface area contributed by atoms with Crippen LogP contribution in [0.3, 0.4) is 0 Å². The molecule has 1 heterocycles. The zero-order chi connectivity index (χ0) is 12.7. The van der Waals surface area contributed by atoms with Gasteiger partial charge in [-0.25, -0.2) is 0 Å². The highest BCUT2D eigenvalue weighted by molar-refractivity contribution is 9.10. The molecule has 1 aliphatic heterocycles. The van der Waals surface area contributed by atoms with Gasteiger partial charge in [-0.05, 0) is 50.3 Å². The number of anilines is 1. The smallest absolute Gasteiger partial charge is 0.0410 e. The normalized spacial score (nSPS) is 28.5. The fraction of sp³-hybridized carbons (Fsp3) is 0.600.